The maximum absolute atomic E-state index is 13.2. The summed E-state index contributed by atoms with van der Waals surface area (Å²) in [5.41, 5.74) is 0.904. The van der Waals surface area contributed by atoms with E-state index >= 15 is 0 Å². The Bertz CT molecular complexity index is 1060. The van der Waals surface area contributed by atoms with E-state index in [1.807, 2.05) is 24.3 Å². The average molecular weight is 522 g/mol. The number of carbonyl (C=O) groups excluding carboxylic acids is 2. The molecular weight excluding hydrogens is 494 g/mol. The molecule has 2 amide bonds. The summed E-state index contributed by atoms with van der Waals surface area (Å²) < 4.78 is 28.7. The maximum Gasteiger partial charge on any atom is 0.244 e. The van der Waals surface area contributed by atoms with E-state index in [2.05, 4.69) is 21.2 Å². The number of piperazine rings is 1. The van der Waals surface area contributed by atoms with Crippen LogP contribution in [0.25, 0.3) is 0 Å². The molecule has 0 radical (unpaired) electrons. The van der Waals surface area contributed by atoms with E-state index in [-0.39, 0.29) is 42.3 Å². The van der Waals surface area contributed by atoms with Gasteiger partial charge in [0.1, 0.15) is 6.04 Å². The lowest BCUT2D eigenvalue weighted by molar-refractivity contribution is -0.148. The molecule has 9 heteroatoms. The summed E-state index contributed by atoms with van der Waals surface area (Å²) >= 11 is 3.38. The van der Waals surface area contributed by atoms with Crippen molar-refractivity contribution >= 4 is 37.8 Å². The first-order valence-electron chi connectivity index (χ1n) is 10.5. The molecule has 3 rings (SSSR count). The molecule has 0 aromatic heterocycles. The Morgan fingerprint density at radius 1 is 1.06 bits per heavy atom. The molecule has 0 unspecified atom stereocenters. The van der Waals surface area contributed by atoms with Crippen LogP contribution in [-0.4, -0.2) is 54.6 Å². The standard InChI is InChI=1S/C23H28BrN3O4S/c1-16(2)23(29)27-17(3)14-26(32(30,31)20-7-5-4-6-8-20)15-21(27)22(28)25-13-18-9-11-19(24)12-10-18/h4-12,16-17,21H,13-15H2,1-3H3,(H,25,28)/t17-,21-/m1/s1. The van der Waals surface area contributed by atoms with Gasteiger partial charge in [0.25, 0.3) is 0 Å². The summed E-state index contributed by atoms with van der Waals surface area (Å²) in [5, 5.41) is 2.87. The third-order valence-electron chi connectivity index (χ3n) is 5.47. The van der Waals surface area contributed by atoms with Gasteiger partial charge in [-0.3, -0.25) is 9.59 Å². The Labute approximate surface area is 198 Å². The van der Waals surface area contributed by atoms with Crippen LogP contribution in [0.15, 0.2) is 64.0 Å². The summed E-state index contributed by atoms with van der Waals surface area (Å²) in [4.78, 5) is 27.8. The number of amides is 2. The molecule has 1 aliphatic heterocycles. The van der Waals surface area contributed by atoms with Gasteiger partial charge in [0.2, 0.25) is 21.8 Å². The third-order valence-corrected chi connectivity index (χ3v) is 7.84. The van der Waals surface area contributed by atoms with Crippen molar-refractivity contribution in [3.05, 3.63) is 64.6 Å². The second-order valence-electron chi connectivity index (χ2n) is 8.24. The number of hydrogen-bond donors (Lipinski definition) is 1. The van der Waals surface area contributed by atoms with Crippen LogP contribution in [0.1, 0.15) is 26.3 Å². The van der Waals surface area contributed by atoms with Crippen LogP contribution in [-0.2, 0) is 26.2 Å². The highest BCUT2D eigenvalue weighted by Gasteiger charge is 2.43. The van der Waals surface area contributed by atoms with Gasteiger partial charge < -0.3 is 10.2 Å². The van der Waals surface area contributed by atoms with E-state index in [0.717, 1.165) is 10.0 Å². The Morgan fingerprint density at radius 2 is 1.69 bits per heavy atom. The first-order valence-corrected chi connectivity index (χ1v) is 12.7. The van der Waals surface area contributed by atoms with Crippen molar-refractivity contribution in [3.63, 3.8) is 0 Å². The van der Waals surface area contributed by atoms with E-state index < -0.39 is 22.1 Å². The molecule has 1 N–H and O–H groups in total. The number of nitrogens with zero attached hydrogens (tertiary/aromatic N) is 2. The van der Waals surface area contributed by atoms with Crippen molar-refractivity contribution in [2.24, 2.45) is 5.92 Å². The molecule has 32 heavy (non-hydrogen) atoms. The number of carbonyl (C=O) groups is 2. The summed E-state index contributed by atoms with van der Waals surface area (Å²) in [7, 11) is -3.79. The first kappa shape index (κ1) is 24.4. The van der Waals surface area contributed by atoms with Gasteiger partial charge in [0.15, 0.2) is 0 Å². The monoisotopic (exact) mass is 521 g/mol. The zero-order chi connectivity index (χ0) is 23.5. The van der Waals surface area contributed by atoms with Crippen LogP contribution in [0.5, 0.6) is 0 Å². The van der Waals surface area contributed by atoms with Gasteiger partial charge in [-0.15, -0.1) is 0 Å². The first-order chi connectivity index (χ1) is 15.1. The number of halogens is 1. The van der Waals surface area contributed by atoms with Crippen LogP contribution in [0, 0.1) is 5.92 Å². The molecule has 2 aromatic carbocycles. The van der Waals surface area contributed by atoms with Crippen molar-refractivity contribution in [2.45, 2.75) is 44.3 Å². The van der Waals surface area contributed by atoms with Crippen molar-refractivity contribution in [3.8, 4) is 0 Å². The molecule has 2 atom stereocenters. The number of benzene rings is 2. The topological polar surface area (TPSA) is 86.8 Å². The van der Waals surface area contributed by atoms with Gasteiger partial charge in [-0.25, -0.2) is 8.42 Å². The number of rotatable bonds is 6. The summed E-state index contributed by atoms with van der Waals surface area (Å²) in [6, 6.07) is 14.3. The van der Waals surface area contributed by atoms with E-state index in [1.165, 1.54) is 16.4 Å². The Balaban J connectivity index is 1.85. The molecule has 172 valence electrons. The molecule has 0 saturated carbocycles. The van der Waals surface area contributed by atoms with Crippen molar-refractivity contribution in [2.75, 3.05) is 13.1 Å². The smallest absolute Gasteiger partial charge is 0.244 e. The Hall–Kier alpha value is -2.23. The Kier molecular flexibility index (Phi) is 7.74. The summed E-state index contributed by atoms with van der Waals surface area (Å²) in [5.74, 6) is -0.851. The van der Waals surface area contributed by atoms with Crippen LogP contribution < -0.4 is 5.32 Å². The van der Waals surface area contributed by atoms with Crippen molar-refractivity contribution in [1.82, 2.24) is 14.5 Å². The minimum absolute atomic E-state index is 0.0911. The lowest BCUT2D eigenvalue weighted by Crippen LogP contribution is -2.65. The fourth-order valence-electron chi connectivity index (χ4n) is 3.77. The fourth-order valence-corrected chi connectivity index (χ4v) is 5.58. The normalized spacial score (nSPS) is 19.7. The lowest BCUT2D eigenvalue weighted by Gasteiger charge is -2.44. The molecule has 1 aliphatic rings. The average Bonchev–Trinajstić information content (AvgIpc) is 2.78. The van der Waals surface area contributed by atoms with Crippen molar-refractivity contribution < 1.29 is 18.0 Å². The predicted octanol–water partition coefficient (Wildman–Crippen LogP) is 3.01. The van der Waals surface area contributed by atoms with Crippen LogP contribution in [0.4, 0.5) is 0 Å². The van der Waals surface area contributed by atoms with Gasteiger partial charge >= 0.3 is 0 Å². The van der Waals surface area contributed by atoms with Gasteiger partial charge in [0.05, 0.1) is 4.90 Å². The van der Waals surface area contributed by atoms with Crippen LogP contribution in [0.2, 0.25) is 0 Å². The number of hydrogen-bond acceptors (Lipinski definition) is 4. The van der Waals surface area contributed by atoms with E-state index in [0.29, 0.717) is 0 Å². The number of nitrogens with one attached hydrogen (secondary N) is 1. The van der Waals surface area contributed by atoms with E-state index in [4.69, 9.17) is 0 Å². The summed E-state index contributed by atoms with van der Waals surface area (Å²) in [6.07, 6.45) is 0. The van der Waals surface area contributed by atoms with Gasteiger partial charge in [-0.1, -0.05) is 60.1 Å². The predicted molar refractivity (Wildman–Crippen MR) is 126 cm³/mol. The van der Waals surface area contributed by atoms with Gasteiger partial charge in [0, 0.05) is 36.1 Å². The molecule has 2 aromatic rings. The zero-order valence-corrected chi connectivity index (χ0v) is 20.8. The Morgan fingerprint density at radius 3 is 2.28 bits per heavy atom. The highest BCUT2D eigenvalue weighted by molar-refractivity contribution is 9.10. The molecule has 0 bridgehead atoms. The highest BCUT2D eigenvalue weighted by Crippen LogP contribution is 2.25. The molecule has 1 heterocycles. The molecule has 0 aliphatic carbocycles. The molecular formula is C23H28BrN3O4S. The molecule has 0 spiro atoms. The van der Waals surface area contributed by atoms with Crippen molar-refractivity contribution in [1.29, 1.82) is 0 Å². The van der Waals surface area contributed by atoms with E-state index in [9.17, 15) is 18.0 Å². The van der Waals surface area contributed by atoms with Gasteiger partial charge in [-0.2, -0.15) is 4.31 Å². The molecule has 1 saturated heterocycles. The quantitative estimate of drug-likeness (QED) is 0.632. The maximum atomic E-state index is 13.2. The van der Waals surface area contributed by atoms with E-state index in [1.54, 1.807) is 43.9 Å². The number of sulfonamides is 1. The van der Waals surface area contributed by atoms with Crippen LogP contribution >= 0.6 is 15.9 Å². The minimum atomic E-state index is -3.79. The second kappa shape index (κ2) is 10.1. The molecule has 7 nitrogen and oxygen atoms in total. The van der Waals surface area contributed by atoms with Crippen LogP contribution in [0.3, 0.4) is 0 Å². The summed E-state index contributed by atoms with van der Waals surface area (Å²) in [6.45, 7) is 5.66. The fraction of sp³-hybridized carbons (Fsp3) is 0.391. The van der Waals surface area contributed by atoms with Gasteiger partial charge in [-0.05, 0) is 36.8 Å². The minimum Gasteiger partial charge on any atom is -0.350 e. The largest absolute Gasteiger partial charge is 0.350 e. The lowest BCUT2D eigenvalue weighted by atomic mass is 10.0. The second-order valence-corrected chi connectivity index (χ2v) is 11.1. The SMILES string of the molecule is CC(C)C(=O)N1[C@H](C)CN(S(=O)(=O)c2ccccc2)C[C@@H]1C(=O)NCc1ccc(Br)cc1. The molecule has 1 fully saturated rings. The third kappa shape index (κ3) is 5.39. The zero-order valence-electron chi connectivity index (χ0n) is 18.4. The highest BCUT2D eigenvalue weighted by atomic mass is 79.9.